The summed E-state index contributed by atoms with van der Waals surface area (Å²) in [5.74, 6) is 0.738. The third kappa shape index (κ3) is 2.94. The first-order valence-electron chi connectivity index (χ1n) is 10.0. The number of H-pyrrole nitrogens is 2. The third-order valence-corrected chi connectivity index (χ3v) is 6.62. The molecule has 0 aliphatic rings. The maximum absolute atomic E-state index is 11.7. The molecule has 0 saturated carbocycles. The predicted octanol–water partition coefficient (Wildman–Crippen LogP) is 4.83. The molecule has 0 unspecified atom stereocenters. The van der Waals surface area contributed by atoms with E-state index in [0.29, 0.717) is 5.82 Å². The number of hydrogen-bond acceptors (Lipinski definition) is 6. The van der Waals surface area contributed by atoms with E-state index in [4.69, 9.17) is 4.98 Å². The number of nitrogens with one attached hydrogen (secondary N) is 2. The van der Waals surface area contributed by atoms with Crippen molar-refractivity contribution in [2.24, 2.45) is 7.05 Å². The Bertz CT molecular complexity index is 1630. The Hall–Kier alpha value is -4.11. The molecule has 0 radical (unpaired) electrons. The minimum atomic E-state index is 0.0668. The van der Waals surface area contributed by atoms with Gasteiger partial charge in [0.05, 0.1) is 39.5 Å². The fourth-order valence-electron chi connectivity index (χ4n) is 3.82. The minimum absolute atomic E-state index is 0.0668. The number of ketones is 1. The number of aromatic nitrogens is 7. The summed E-state index contributed by atoms with van der Waals surface area (Å²) >= 11 is 1.48. The number of fused-ring (bicyclic) bond motifs is 2. The highest BCUT2D eigenvalue weighted by molar-refractivity contribution is 7.17. The Labute approximate surface area is 186 Å². The van der Waals surface area contributed by atoms with Crippen LogP contribution in [0.4, 0.5) is 0 Å². The molecule has 5 aromatic heterocycles. The van der Waals surface area contributed by atoms with E-state index < -0.39 is 0 Å². The van der Waals surface area contributed by atoms with Crippen LogP contribution in [-0.4, -0.2) is 40.7 Å². The average Bonchev–Trinajstić information content (AvgIpc) is 3.56. The molecule has 32 heavy (non-hydrogen) atoms. The van der Waals surface area contributed by atoms with Crippen LogP contribution in [0.2, 0.25) is 0 Å². The lowest BCUT2D eigenvalue weighted by Gasteiger charge is -1.98. The first-order chi connectivity index (χ1) is 15.6. The summed E-state index contributed by atoms with van der Waals surface area (Å²) in [5.41, 5.74) is 6.06. The smallest absolute Gasteiger partial charge is 0.169 e. The van der Waals surface area contributed by atoms with Gasteiger partial charge in [0.15, 0.2) is 11.6 Å². The number of nitrogens with zero attached hydrogens (tertiary/aromatic N) is 5. The van der Waals surface area contributed by atoms with Crippen molar-refractivity contribution in [3.63, 3.8) is 0 Å². The van der Waals surface area contributed by atoms with Gasteiger partial charge in [0.2, 0.25) is 0 Å². The van der Waals surface area contributed by atoms with Gasteiger partial charge >= 0.3 is 0 Å². The summed E-state index contributed by atoms with van der Waals surface area (Å²) < 4.78 is 1.75. The minimum Gasteiger partial charge on any atom is -0.337 e. The summed E-state index contributed by atoms with van der Waals surface area (Å²) in [5, 5.41) is 12.7. The van der Waals surface area contributed by atoms with E-state index in [2.05, 4.69) is 25.3 Å². The Morgan fingerprint density at radius 1 is 1.12 bits per heavy atom. The molecule has 2 N–H and O–H groups in total. The maximum atomic E-state index is 11.7. The molecular formula is C23H17N7OS. The zero-order chi connectivity index (χ0) is 21.8. The van der Waals surface area contributed by atoms with E-state index in [-0.39, 0.29) is 5.78 Å². The monoisotopic (exact) mass is 439 g/mol. The molecule has 0 bridgehead atoms. The molecule has 0 atom stereocenters. The fraction of sp³-hybridized carbons (Fsp3) is 0.0870. The molecular weight excluding hydrogens is 422 g/mol. The van der Waals surface area contributed by atoms with Crippen LogP contribution in [0.5, 0.6) is 0 Å². The quantitative estimate of drug-likeness (QED) is 0.383. The zero-order valence-electron chi connectivity index (χ0n) is 17.2. The van der Waals surface area contributed by atoms with Crippen LogP contribution in [0, 0.1) is 0 Å². The molecule has 9 heteroatoms. The number of aromatic amines is 2. The summed E-state index contributed by atoms with van der Waals surface area (Å²) in [7, 11) is 1.88. The highest BCUT2D eigenvalue weighted by atomic mass is 32.1. The number of thiophene rings is 1. The molecule has 0 aliphatic heterocycles. The number of hydrogen-bond donors (Lipinski definition) is 2. The second-order valence-corrected chi connectivity index (χ2v) is 8.68. The van der Waals surface area contributed by atoms with Gasteiger partial charge in [-0.15, -0.1) is 11.3 Å². The topological polar surface area (TPSA) is 105 Å². The Balaban J connectivity index is 1.49. The molecule has 0 spiro atoms. The van der Waals surface area contributed by atoms with Crippen LogP contribution < -0.4 is 0 Å². The maximum Gasteiger partial charge on any atom is 0.169 e. The van der Waals surface area contributed by atoms with E-state index in [0.717, 1.165) is 54.2 Å². The lowest BCUT2D eigenvalue weighted by molar-refractivity contribution is 0.102. The summed E-state index contributed by atoms with van der Waals surface area (Å²) in [6, 6.07) is 11.8. The molecule has 0 aliphatic carbocycles. The van der Waals surface area contributed by atoms with Crippen molar-refractivity contribution in [1.29, 1.82) is 0 Å². The van der Waals surface area contributed by atoms with Crippen molar-refractivity contribution < 1.29 is 4.79 Å². The largest absolute Gasteiger partial charge is 0.337 e. The number of benzene rings is 1. The number of aryl methyl sites for hydroxylation is 1. The average molecular weight is 440 g/mol. The summed E-state index contributed by atoms with van der Waals surface area (Å²) in [6.07, 6.45) is 5.49. The SMILES string of the molecule is CC(=O)c1ccc(-c2cccc3[nH]c(-c4n[nH]c5cnc(-c6cnn(C)c6)cc45)nc23)s1. The summed E-state index contributed by atoms with van der Waals surface area (Å²) in [4.78, 5) is 26.3. The Morgan fingerprint density at radius 3 is 2.81 bits per heavy atom. The molecule has 6 rings (SSSR count). The lowest BCUT2D eigenvalue weighted by Crippen LogP contribution is -1.85. The van der Waals surface area contributed by atoms with Gasteiger partial charge in [0.1, 0.15) is 5.69 Å². The number of pyridine rings is 1. The van der Waals surface area contributed by atoms with Crippen molar-refractivity contribution >= 4 is 39.1 Å². The molecule has 1 aromatic carbocycles. The van der Waals surface area contributed by atoms with Gasteiger partial charge in [-0.05, 0) is 31.2 Å². The number of para-hydroxylation sites is 1. The zero-order valence-corrected chi connectivity index (χ0v) is 18.1. The van der Waals surface area contributed by atoms with Crippen LogP contribution >= 0.6 is 11.3 Å². The Kier molecular flexibility index (Phi) is 4.05. The van der Waals surface area contributed by atoms with Gasteiger partial charge < -0.3 is 4.98 Å². The summed E-state index contributed by atoms with van der Waals surface area (Å²) in [6.45, 7) is 1.58. The van der Waals surface area contributed by atoms with Crippen LogP contribution in [0.25, 0.3) is 55.2 Å². The van der Waals surface area contributed by atoms with Crippen molar-refractivity contribution in [3.8, 4) is 33.2 Å². The fourth-order valence-corrected chi connectivity index (χ4v) is 4.75. The number of Topliss-reactive ketones (excluding diaryl/α,β-unsaturated/α-hetero) is 1. The number of carbonyl (C=O) groups is 1. The molecule has 0 saturated heterocycles. The van der Waals surface area contributed by atoms with Crippen LogP contribution in [-0.2, 0) is 7.05 Å². The van der Waals surface area contributed by atoms with Crippen LogP contribution in [0.15, 0.2) is 55.0 Å². The predicted molar refractivity (Wildman–Crippen MR) is 124 cm³/mol. The number of imidazole rings is 1. The normalized spacial score (nSPS) is 11.6. The first-order valence-corrected chi connectivity index (χ1v) is 10.8. The van der Waals surface area contributed by atoms with Gasteiger partial charge in [0.25, 0.3) is 0 Å². The third-order valence-electron chi connectivity index (χ3n) is 5.40. The van der Waals surface area contributed by atoms with Crippen molar-refractivity contribution in [3.05, 3.63) is 59.9 Å². The van der Waals surface area contributed by atoms with Crippen LogP contribution in [0.3, 0.4) is 0 Å². The number of rotatable bonds is 4. The van der Waals surface area contributed by atoms with E-state index in [9.17, 15) is 4.79 Å². The standard InChI is InChI=1S/C23H17N7OS/c1-12(31)19-6-7-20(32-19)14-4-3-5-16-21(14)27-23(26-16)22-15-8-17(13-9-25-30(2)11-13)24-10-18(15)28-29-22/h3-11H,1-2H3,(H,26,27)(H,28,29). The highest BCUT2D eigenvalue weighted by Gasteiger charge is 2.17. The molecule has 5 heterocycles. The van der Waals surface area contributed by atoms with Gasteiger partial charge in [-0.2, -0.15) is 10.2 Å². The van der Waals surface area contributed by atoms with Gasteiger partial charge in [-0.1, -0.05) is 12.1 Å². The van der Waals surface area contributed by atoms with E-state index in [1.807, 2.05) is 49.6 Å². The van der Waals surface area contributed by atoms with Gasteiger partial charge in [-0.3, -0.25) is 19.6 Å². The van der Waals surface area contributed by atoms with Crippen molar-refractivity contribution in [2.45, 2.75) is 6.92 Å². The lowest BCUT2D eigenvalue weighted by atomic mass is 10.1. The second-order valence-electron chi connectivity index (χ2n) is 7.60. The second kappa shape index (κ2) is 6.96. The van der Waals surface area contributed by atoms with Crippen molar-refractivity contribution in [1.82, 2.24) is 34.9 Å². The van der Waals surface area contributed by atoms with E-state index in [1.165, 1.54) is 11.3 Å². The van der Waals surface area contributed by atoms with Crippen molar-refractivity contribution in [2.75, 3.05) is 0 Å². The van der Waals surface area contributed by atoms with Crippen LogP contribution in [0.1, 0.15) is 16.6 Å². The molecule has 0 fully saturated rings. The highest BCUT2D eigenvalue weighted by Crippen LogP contribution is 2.35. The molecule has 156 valence electrons. The number of carbonyl (C=O) groups excluding carboxylic acids is 1. The van der Waals surface area contributed by atoms with E-state index in [1.54, 1.807) is 24.0 Å². The molecule has 8 nitrogen and oxygen atoms in total. The molecule has 0 amide bonds. The van der Waals surface area contributed by atoms with E-state index >= 15 is 0 Å². The Morgan fingerprint density at radius 2 is 2.03 bits per heavy atom. The van der Waals surface area contributed by atoms with Gasteiger partial charge in [-0.25, -0.2) is 4.98 Å². The van der Waals surface area contributed by atoms with Gasteiger partial charge in [0, 0.05) is 34.6 Å². The molecule has 6 aromatic rings. The first kappa shape index (κ1) is 18.6.